The van der Waals surface area contributed by atoms with Crippen LogP contribution in [0.5, 0.6) is 5.75 Å². The molecule has 2 heterocycles. The van der Waals surface area contributed by atoms with Crippen molar-refractivity contribution < 1.29 is 19.1 Å². The van der Waals surface area contributed by atoms with E-state index in [1.54, 1.807) is 28.4 Å². The molecule has 32 heavy (non-hydrogen) atoms. The van der Waals surface area contributed by atoms with E-state index in [4.69, 9.17) is 21.1 Å². The summed E-state index contributed by atoms with van der Waals surface area (Å²) in [6.07, 6.45) is 1.65. The van der Waals surface area contributed by atoms with Crippen LogP contribution in [0.1, 0.15) is 36.8 Å². The second-order valence-electron chi connectivity index (χ2n) is 8.35. The Bertz CT molecular complexity index is 900. The maximum absolute atomic E-state index is 13.4. The fraction of sp³-hybridized carbons (Fsp3) is 0.500. The van der Waals surface area contributed by atoms with Crippen LogP contribution < -0.4 is 4.74 Å². The summed E-state index contributed by atoms with van der Waals surface area (Å²) in [6, 6.07) is 9.08. The van der Waals surface area contributed by atoms with Crippen molar-refractivity contribution in [2.24, 2.45) is 5.92 Å². The average molecular weight is 479 g/mol. The number of thiophene rings is 1. The molecule has 1 aromatic carbocycles. The Kier molecular flexibility index (Phi) is 8.96. The molecule has 1 aliphatic rings. The molecule has 0 spiro atoms. The fourth-order valence-electron chi connectivity index (χ4n) is 3.76. The van der Waals surface area contributed by atoms with Crippen molar-refractivity contribution in [1.82, 2.24) is 9.80 Å². The van der Waals surface area contributed by atoms with Gasteiger partial charge in [-0.3, -0.25) is 9.59 Å². The van der Waals surface area contributed by atoms with Crippen molar-refractivity contribution in [2.45, 2.75) is 32.7 Å². The summed E-state index contributed by atoms with van der Waals surface area (Å²) in [6.45, 7) is 5.72. The third-order valence-corrected chi connectivity index (χ3v) is 6.81. The van der Waals surface area contributed by atoms with E-state index in [1.165, 1.54) is 12.0 Å². The normalized spacial score (nSPS) is 15.5. The number of rotatable bonds is 10. The quantitative estimate of drug-likeness (QED) is 0.507. The van der Waals surface area contributed by atoms with E-state index in [-0.39, 0.29) is 31.0 Å². The molecule has 0 bridgehead atoms. The van der Waals surface area contributed by atoms with Gasteiger partial charge in [0.25, 0.3) is 0 Å². The summed E-state index contributed by atoms with van der Waals surface area (Å²) in [4.78, 5) is 30.7. The second-order valence-corrected chi connectivity index (χ2v) is 9.78. The molecule has 0 aliphatic carbocycles. The van der Waals surface area contributed by atoms with Gasteiger partial charge in [0.1, 0.15) is 19.0 Å². The number of fused-ring (bicyclic) bond motifs is 1. The summed E-state index contributed by atoms with van der Waals surface area (Å²) >= 11 is 7.68. The summed E-state index contributed by atoms with van der Waals surface area (Å²) in [5.74, 6) is 0.910. The minimum absolute atomic E-state index is 0.0246. The van der Waals surface area contributed by atoms with E-state index in [9.17, 15) is 9.59 Å². The van der Waals surface area contributed by atoms with Gasteiger partial charge < -0.3 is 19.3 Å². The van der Waals surface area contributed by atoms with E-state index in [1.807, 2.05) is 17.0 Å². The summed E-state index contributed by atoms with van der Waals surface area (Å²) < 4.78 is 11.1. The Balaban J connectivity index is 1.74. The van der Waals surface area contributed by atoms with Crippen LogP contribution >= 0.6 is 22.9 Å². The van der Waals surface area contributed by atoms with Crippen LogP contribution in [0.15, 0.2) is 35.7 Å². The molecule has 2 aromatic rings. The van der Waals surface area contributed by atoms with Crippen molar-refractivity contribution >= 4 is 34.8 Å². The predicted octanol–water partition coefficient (Wildman–Crippen LogP) is 4.43. The molecule has 174 valence electrons. The van der Waals surface area contributed by atoms with Crippen molar-refractivity contribution in [3.63, 3.8) is 0 Å². The van der Waals surface area contributed by atoms with Crippen LogP contribution in [-0.2, 0) is 20.7 Å². The Labute approximate surface area is 199 Å². The average Bonchev–Trinajstić information content (AvgIpc) is 3.25. The van der Waals surface area contributed by atoms with Gasteiger partial charge in [0.2, 0.25) is 11.8 Å². The highest BCUT2D eigenvalue weighted by Gasteiger charge is 2.33. The molecule has 0 fully saturated rings. The lowest BCUT2D eigenvalue weighted by molar-refractivity contribution is -0.144. The van der Waals surface area contributed by atoms with Gasteiger partial charge in [-0.25, -0.2) is 0 Å². The van der Waals surface area contributed by atoms with Crippen molar-refractivity contribution in [3.8, 4) is 5.75 Å². The Morgan fingerprint density at radius 3 is 2.69 bits per heavy atom. The minimum atomic E-state index is -0.197. The number of carbonyl (C=O) groups excluding carboxylic acids is 2. The van der Waals surface area contributed by atoms with E-state index < -0.39 is 0 Å². The SMILES string of the molecule is COCC(=O)N(CCC(C)C)CC(=O)N1CCc2sccc2C1COc1ccc(Cl)cc1. The third kappa shape index (κ3) is 6.47. The minimum Gasteiger partial charge on any atom is -0.491 e. The Morgan fingerprint density at radius 2 is 2.00 bits per heavy atom. The highest BCUT2D eigenvalue weighted by atomic mass is 35.5. The molecular formula is C24H31ClN2O4S. The summed E-state index contributed by atoms with van der Waals surface area (Å²) in [7, 11) is 1.49. The summed E-state index contributed by atoms with van der Waals surface area (Å²) in [5.41, 5.74) is 1.13. The van der Waals surface area contributed by atoms with E-state index in [0.717, 1.165) is 18.4 Å². The number of hydrogen-bond donors (Lipinski definition) is 0. The highest BCUT2D eigenvalue weighted by molar-refractivity contribution is 7.10. The van der Waals surface area contributed by atoms with Crippen molar-refractivity contribution in [3.05, 3.63) is 51.2 Å². The number of hydrogen-bond acceptors (Lipinski definition) is 5. The van der Waals surface area contributed by atoms with E-state index >= 15 is 0 Å². The number of halogens is 1. The summed E-state index contributed by atoms with van der Waals surface area (Å²) in [5, 5.41) is 2.71. The van der Waals surface area contributed by atoms with Crippen LogP contribution in [0.25, 0.3) is 0 Å². The lowest BCUT2D eigenvalue weighted by atomic mass is 10.0. The number of carbonyl (C=O) groups is 2. The highest BCUT2D eigenvalue weighted by Crippen LogP contribution is 2.34. The molecule has 0 radical (unpaired) electrons. The van der Waals surface area contributed by atoms with Crippen LogP contribution in [-0.4, -0.2) is 61.6 Å². The topological polar surface area (TPSA) is 59.1 Å². The second kappa shape index (κ2) is 11.7. The number of benzene rings is 1. The van der Waals surface area contributed by atoms with Gasteiger partial charge in [0.15, 0.2) is 0 Å². The zero-order chi connectivity index (χ0) is 23.1. The first-order chi connectivity index (χ1) is 15.4. The monoisotopic (exact) mass is 478 g/mol. The van der Waals surface area contributed by atoms with Gasteiger partial charge in [-0.2, -0.15) is 0 Å². The van der Waals surface area contributed by atoms with Gasteiger partial charge in [-0.05, 0) is 60.0 Å². The zero-order valence-electron chi connectivity index (χ0n) is 18.9. The number of ether oxygens (including phenoxy) is 2. The maximum atomic E-state index is 13.4. The molecule has 8 heteroatoms. The third-order valence-electron chi connectivity index (χ3n) is 5.56. The van der Waals surface area contributed by atoms with Crippen LogP contribution in [0, 0.1) is 5.92 Å². The van der Waals surface area contributed by atoms with Gasteiger partial charge in [-0.15, -0.1) is 11.3 Å². The fourth-order valence-corrected chi connectivity index (χ4v) is 4.81. The number of amides is 2. The van der Waals surface area contributed by atoms with Crippen molar-refractivity contribution in [2.75, 3.05) is 40.0 Å². The first kappa shape index (κ1) is 24.6. The Hall–Kier alpha value is -2.09. The standard InChI is InChI=1S/C24H31ClN2O4S/c1-17(2)8-11-26(24(29)16-30-3)14-23(28)27-12-9-22-20(10-13-32-22)21(27)15-31-19-6-4-18(25)5-7-19/h4-7,10,13,17,21H,8-9,11-12,14-16H2,1-3H3. The van der Waals surface area contributed by atoms with Gasteiger partial charge in [0, 0.05) is 30.1 Å². The Morgan fingerprint density at radius 1 is 1.25 bits per heavy atom. The molecule has 6 nitrogen and oxygen atoms in total. The lowest BCUT2D eigenvalue weighted by Crippen LogP contribution is -2.48. The molecule has 1 aliphatic heterocycles. The van der Waals surface area contributed by atoms with Crippen LogP contribution in [0.2, 0.25) is 5.02 Å². The molecule has 0 N–H and O–H groups in total. The number of nitrogens with zero attached hydrogens (tertiary/aromatic N) is 2. The van der Waals surface area contributed by atoms with Gasteiger partial charge in [0.05, 0.1) is 12.6 Å². The first-order valence-corrected chi connectivity index (χ1v) is 12.2. The molecule has 1 atom stereocenters. The van der Waals surface area contributed by atoms with Gasteiger partial charge >= 0.3 is 0 Å². The van der Waals surface area contributed by atoms with Crippen molar-refractivity contribution in [1.29, 1.82) is 0 Å². The lowest BCUT2D eigenvalue weighted by Gasteiger charge is -2.37. The smallest absolute Gasteiger partial charge is 0.249 e. The molecular weight excluding hydrogens is 448 g/mol. The van der Waals surface area contributed by atoms with Gasteiger partial charge in [-0.1, -0.05) is 25.4 Å². The molecule has 1 unspecified atom stereocenters. The molecule has 3 rings (SSSR count). The van der Waals surface area contributed by atoms with Crippen LogP contribution in [0.3, 0.4) is 0 Å². The first-order valence-electron chi connectivity index (χ1n) is 10.9. The van der Waals surface area contributed by atoms with E-state index in [2.05, 4.69) is 25.3 Å². The van der Waals surface area contributed by atoms with E-state index in [0.29, 0.717) is 36.4 Å². The molecule has 2 amide bonds. The molecule has 0 saturated carbocycles. The predicted molar refractivity (Wildman–Crippen MR) is 127 cm³/mol. The van der Waals surface area contributed by atoms with Crippen LogP contribution in [0.4, 0.5) is 0 Å². The largest absolute Gasteiger partial charge is 0.491 e. The molecule has 1 aromatic heterocycles. The number of methoxy groups -OCH3 is 1. The zero-order valence-corrected chi connectivity index (χ0v) is 20.5. The maximum Gasteiger partial charge on any atom is 0.249 e. The molecule has 0 saturated heterocycles.